The maximum Gasteiger partial charge on any atom is 0.403 e. The molecule has 0 amide bonds. The molecule has 158 valence electrons. The quantitative estimate of drug-likeness (QED) is 0.594. The molecule has 1 aliphatic rings. The Morgan fingerprint density at radius 1 is 1.24 bits per heavy atom. The average Bonchev–Trinajstić information content (AvgIpc) is 3.17. The van der Waals surface area contributed by atoms with E-state index in [0.29, 0.717) is 48.9 Å². The molecule has 1 aromatic heterocycles. The smallest absolute Gasteiger partial charge is 0.347 e. The van der Waals surface area contributed by atoms with Crippen molar-refractivity contribution in [3.63, 3.8) is 0 Å². The molecular weight excluding hydrogens is 409 g/mol. The third-order valence-electron chi connectivity index (χ3n) is 4.82. The molecule has 0 spiro atoms. The monoisotopic (exact) mass is 430 g/mol. The number of piperazine rings is 1. The fraction of sp³-hybridized carbons (Fsp3) is 0.500. The second-order valence-corrected chi connectivity index (χ2v) is 7.10. The fourth-order valence-corrected chi connectivity index (χ4v) is 3.18. The minimum Gasteiger partial charge on any atom is -0.347 e. The molecule has 1 saturated heterocycles. The van der Waals surface area contributed by atoms with Crippen molar-refractivity contribution in [1.82, 2.24) is 25.3 Å². The molecule has 11 heteroatoms. The van der Waals surface area contributed by atoms with Crippen LogP contribution < -0.4 is 5.32 Å². The Balaban J connectivity index is 1.53. The van der Waals surface area contributed by atoms with Crippen LogP contribution in [0.1, 0.15) is 12.8 Å². The van der Waals surface area contributed by atoms with Gasteiger partial charge in [-0.25, -0.2) is 0 Å². The maximum absolute atomic E-state index is 12.9. The lowest BCUT2D eigenvalue weighted by molar-refractivity contribution is -0.181. The molecule has 2 aromatic rings. The summed E-state index contributed by atoms with van der Waals surface area (Å²) in [6.45, 7) is 2.95. The Kier molecular flexibility index (Phi) is 6.63. The largest absolute Gasteiger partial charge is 0.403 e. The molecule has 1 N–H and O–H groups in total. The number of rotatable bonds is 4. The first-order valence-corrected chi connectivity index (χ1v) is 9.50. The van der Waals surface area contributed by atoms with Crippen molar-refractivity contribution >= 4 is 17.6 Å². The van der Waals surface area contributed by atoms with Gasteiger partial charge in [-0.2, -0.15) is 18.2 Å². The van der Waals surface area contributed by atoms with Gasteiger partial charge in [0, 0.05) is 43.8 Å². The minimum atomic E-state index is -4.22. The Labute approximate surface area is 171 Å². The third-order valence-corrected chi connectivity index (χ3v) is 5.07. The van der Waals surface area contributed by atoms with E-state index >= 15 is 0 Å². The number of nitrogens with one attached hydrogen (secondary N) is 1. The lowest BCUT2D eigenvalue weighted by atomic mass is 10.2. The summed E-state index contributed by atoms with van der Waals surface area (Å²) < 4.78 is 43.9. The number of guanidine groups is 1. The lowest BCUT2D eigenvalue weighted by Crippen LogP contribution is -2.56. The van der Waals surface area contributed by atoms with Gasteiger partial charge in [-0.3, -0.25) is 9.89 Å². The van der Waals surface area contributed by atoms with E-state index in [1.165, 1.54) is 11.8 Å². The topological polar surface area (TPSA) is 69.8 Å². The van der Waals surface area contributed by atoms with Gasteiger partial charge in [0.2, 0.25) is 11.7 Å². The Hall–Kier alpha value is -2.33. The fourth-order valence-electron chi connectivity index (χ4n) is 3.06. The van der Waals surface area contributed by atoms with E-state index in [-0.39, 0.29) is 6.54 Å². The molecular formula is C18H22ClF3N6O. The Bertz CT molecular complexity index is 831. The predicted octanol–water partition coefficient (Wildman–Crippen LogP) is 3.03. The number of halogens is 4. The zero-order chi connectivity index (χ0) is 21.0. The summed E-state index contributed by atoms with van der Waals surface area (Å²) in [5.74, 6) is 1.40. The highest BCUT2D eigenvalue weighted by atomic mass is 35.5. The molecule has 29 heavy (non-hydrogen) atoms. The van der Waals surface area contributed by atoms with Crippen LogP contribution in [0, 0.1) is 0 Å². The zero-order valence-corrected chi connectivity index (χ0v) is 16.8. The zero-order valence-electron chi connectivity index (χ0n) is 16.1. The van der Waals surface area contributed by atoms with E-state index < -0.39 is 12.2 Å². The minimum absolute atomic E-state index is 0.256. The van der Waals surface area contributed by atoms with Crippen LogP contribution in [0.4, 0.5) is 13.2 Å². The van der Waals surface area contributed by atoms with E-state index in [0.717, 1.165) is 5.56 Å². The van der Waals surface area contributed by atoms with Crippen molar-refractivity contribution in [2.45, 2.75) is 25.7 Å². The molecule has 7 nitrogen and oxygen atoms in total. The van der Waals surface area contributed by atoms with Crippen LogP contribution in [0.2, 0.25) is 5.02 Å². The molecule has 0 saturated carbocycles. The highest BCUT2D eigenvalue weighted by Gasteiger charge is 2.41. The lowest BCUT2D eigenvalue weighted by Gasteiger charge is -2.39. The van der Waals surface area contributed by atoms with Gasteiger partial charge in [0.05, 0.1) is 6.54 Å². The molecule has 0 bridgehead atoms. The summed E-state index contributed by atoms with van der Waals surface area (Å²) in [6, 6.07) is 5.62. The van der Waals surface area contributed by atoms with Crippen molar-refractivity contribution in [2.24, 2.45) is 4.99 Å². The first-order chi connectivity index (χ1) is 13.8. The Morgan fingerprint density at radius 3 is 2.48 bits per heavy atom. The summed E-state index contributed by atoms with van der Waals surface area (Å²) in [7, 11) is 1.63. The second-order valence-electron chi connectivity index (χ2n) is 6.66. The number of hydrogen-bond acceptors (Lipinski definition) is 5. The molecule has 2 heterocycles. The van der Waals surface area contributed by atoms with Crippen LogP contribution in [-0.2, 0) is 6.54 Å². The average molecular weight is 431 g/mol. The standard InChI is InChI=1S/C18H22ClF3N6O/c1-12(18(20,21)22)27-7-9-28(10-8-27)17(23-2)24-11-15-25-16(26-29-15)13-3-5-14(19)6-4-13/h3-6,12H,7-11H2,1-2H3,(H,23,24). The number of nitrogens with zero attached hydrogens (tertiary/aromatic N) is 5. The summed E-state index contributed by atoms with van der Waals surface area (Å²) in [5.41, 5.74) is 0.781. The van der Waals surface area contributed by atoms with Gasteiger partial charge in [-0.15, -0.1) is 0 Å². The van der Waals surface area contributed by atoms with Crippen LogP contribution in [0.3, 0.4) is 0 Å². The predicted molar refractivity (Wildman–Crippen MR) is 104 cm³/mol. The van der Waals surface area contributed by atoms with Crippen LogP contribution in [0.25, 0.3) is 11.4 Å². The van der Waals surface area contributed by atoms with Gasteiger partial charge < -0.3 is 14.7 Å². The molecule has 1 fully saturated rings. The number of aromatic nitrogens is 2. The maximum atomic E-state index is 12.9. The van der Waals surface area contributed by atoms with E-state index in [2.05, 4.69) is 20.4 Å². The third kappa shape index (κ3) is 5.39. The number of hydrogen-bond donors (Lipinski definition) is 1. The normalized spacial score (nSPS) is 17.4. The van der Waals surface area contributed by atoms with Gasteiger partial charge in [-0.05, 0) is 31.2 Å². The van der Waals surface area contributed by atoms with E-state index in [1.807, 2.05) is 4.90 Å². The van der Waals surface area contributed by atoms with Crippen molar-refractivity contribution in [3.05, 3.63) is 35.2 Å². The summed E-state index contributed by atoms with van der Waals surface area (Å²) in [5, 5.41) is 7.69. The molecule has 0 aliphatic carbocycles. The van der Waals surface area contributed by atoms with Crippen molar-refractivity contribution < 1.29 is 17.7 Å². The summed E-state index contributed by atoms with van der Waals surface area (Å²) in [4.78, 5) is 11.9. The van der Waals surface area contributed by atoms with Crippen LogP contribution >= 0.6 is 11.6 Å². The Morgan fingerprint density at radius 2 is 1.90 bits per heavy atom. The number of alkyl halides is 3. The van der Waals surface area contributed by atoms with Crippen molar-refractivity contribution in [3.8, 4) is 11.4 Å². The van der Waals surface area contributed by atoms with E-state index in [4.69, 9.17) is 16.1 Å². The van der Waals surface area contributed by atoms with Gasteiger partial charge in [-0.1, -0.05) is 16.8 Å². The first kappa shape index (κ1) is 21.4. The second kappa shape index (κ2) is 9.00. The summed E-state index contributed by atoms with van der Waals surface area (Å²) >= 11 is 5.88. The summed E-state index contributed by atoms with van der Waals surface area (Å²) in [6.07, 6.45) is -4.22. The molecule has 1 atom stereocenters. The highest BCUT2D eigenvalue weighted by molar-refractivity contribution is 6.30. The molecule has 0 radical (unpaired) electrons. The highest BCUT2D eigenvalue weighted by Crippen LogP contribution is 2.25. The SMILES string of the molecule is CN=C(NCc1nc(-c2ccc(Cl)cc2)no1)N1CCN(C(C)C(F)(F)F)CC1. The molecule has 3 rings (SSSR count). The molecule has 1 aromatic carbocycles. The van der Waals surface area contributed by atoms with Gasteiger partial charge >= 0.3 is 6.18 Å². The van der Waals surface area contributed by atoms with Crippen molar-refractivity contribution in [2.75, 3.05) is 33.2 Å². The van der Waals surface area contributed by atoms with Crippen molar-refractivity contribution in [1.29, 1.82) is 0 Å². The van der Waals surface area contributed by atoms with Crippen LogP contribution in [0.5, 0.6) is 0 Å². The van der Waals surface area contributed by atoms with Gasteiger partial charge in [0.15, 0.2) is 5.96 Å². The number of benzene rings is 1. The molecule has 1 aliphatic heterocycles. The number of aliphatic imine (C=N–C) groups is 1. The van der Waals surface area contributed by atoms with Crippen LogP contribution in [0.15, 0.2) is 33.8 Å². The van der Waals surface area contributed by atoms with Crippen LogP contribution in [-0.4, -0.2) is 71.3 Å². The van der Waals surface area contributed by atoms with Gasteiger partial charge in [0.1, 0.15) is 6.04 Å². The molecule has 1 unspecified atom stereocenters. The first-order valence-electron chi connectivity index (χ1n) is 9.13. The van der Waals surface area contributed by atoms with E-state index in [1.54, 1.807) is 31.3 Å². The van der Waals surface area contributed by atoms with E-state index in [9.17, 15) is 13.2 Å². The van der Waals surface area contributed by atoms with Gasteiger partial charge in [0.25, 0.3) is 0 Å².